The molecule has 2 aromatic carbocycles. The molecule has 0 saturated heterocycles. The Kier molecular flexibility index (Phi) is 13.1. The minimum atomic E-state index is -0.158. The van der Waals surface area contributed by atoms with Crippen molar-refractivity contribution in [2.75, 3.05) is 62.0 Å². The van der Waals surface area contributed by atoms with Crippen molar-refractivity contribution in [3.8, 4) is 0 Å². The molecule has 0 aliphatic heterocycles. The number of carbonyl (C=O) groups excluding carboxylic acids is 1. The number of nitrogens with two attached hydrogens (primary N) is 1. The van der Waals surface area contributed by atoms with Crippen LogP contribution in [0, 0.1) is 0 Å². The molecule has 4 aromatic rings. The molecule has 1 amide bonds. The summed E-state index contributed by atoms with van der Waals surface area (Å²) >= 11 is 0. The van der Waals surface area contributed by atoms with Gasteiger partial charge in [-0.2, -0.15) is 15.0 Å². The van der Waals surface area contributed by atoms with E-state index in [2.05, 4.69) is 53.3 Å². The molecule has 12 heteroatoms. The van der Waals surface area contributed by atoms with Crippen LogP contribution in [0.3, 0.4) is 0 Å². The molecule has 0 radical (unpaired) electrons. The van der Waals surface area contributed by atoms with E-state index in [4.69, 9.17) is 15.2 Å². The topological polar surface area (TPSA) is 161 Å². The van der Waals surface area contributed by atoms with Crippen LogP contribution < -0.4 is 27.0 Å². The van der Waals surface area contributed by atoms with Gasteiger partial charge in [-0.1, -0.05) is 48.5 Å². The van der Waals surface area contributed by atoms with Crippen LogP contribution in [0.5, 0.6) is 0 Å². The fourth-order valence-electron chi connectivity index (χ4n) is 3.95. The molecule has 2 heterocycles. The molecule has 12 nitrogen and oxygen atoms in total. The first-order valence-corrected chi connectivity index (χ1v) is 14.3. The molecule has 2 aromatic heterocycles. The fraction of sp³-hybridized carbons (Fsp3) is 0.323. The molecule has 0 aliphatic rings. The maximum absolute atomic E-state index is 12.5. The van der Waals surface area contributed by atoms with Crippen molar-refractivity contribution >= 4 is 23.8 Å². The molecule has 6 N–H and O–H groups in total. The van der Waals surface area contributed by atoms with Crippen LogP contribution in [-0.4, -0.2) is 71.9 Å². The molecule has 4 rings (SSSR count). The third-order valence-electron chi connectivity index (χ3n) is 6.16. The normalized spacial score (nSPS) is 10.7. The van der Waals surface area contributed by atoms with E-state index in [-0.39, 0.29) is 5.91 Å². The number of nitrogens with one attached hydrogen (secondary N) is 4. The molecule has 0 aliphatic carbocycles. The van der Waals surface area contributed by atoms with Gasteiger partial charge >= 0.3 is 0 Å². The standard InChI is InChI=1S/C31H39N9O3/c32-14-18-42-20-21-43-19-17-34-28(41)26-11-9-25(10-12-26)22-36-30-38-29(35-16-13-24-6-2-1-3-7-24)39-31(40-30)37-23-27-8-4-5-15-33-27/h1-12,15H,13-14,16-23,32H2,(H,34,41)(H3,35,36,37,38,39,40). The van der Waals surface area contributed by atoms with Crippen molar-refractivity contribution in [2.45, 2.75) is 19.5 Å². The summed E-state index contributed by atoms with van der Waals surface area (Å²) in [5.41, 5.74) is 9.01. The Morgan fingerprint density at radius 1 is 0.674 bits per heavy atom. The van der Waals surface area contributed by atoms with Gasteiger partial charge < -0.3 is 36.5 Å². The predicted molar refractivity (Wildman–Crippen MR) is 167 cm³/mol. The lowest BCUT2D eigenvalue weighted by Crippen LogP contribution is -2.27. The van der Waals surface area contributed by atoms with Gasteiger partial charge in [-0.3, -0.25) is 9.78 Å². The van der Waals surface area contributed by atoms with Gasteiger partial charge in [0.2, 0.25) is 17.8 Å². The Morgan fingerprint density at radius 3 is 2.05 bits per heavy atom. The van der Waals surface area contributed by atoms with Gasteiger partial charge in [0, 0.05) is 37.9 Å². The second-order valence-electron chi connectivity index (χ2n) is 9.46. The minimum absolute atomic E-state index is 0.158. The highest BCUT2D eigenvalue weighted by molar-refractivity contribution is 5.94. The molecule has 226 valence electrons. The van der Waals surface area contributed by atoms with E-state index in [1.54, 1.807) is 18.3 Å². The smallest absolute Gasteiger partial charge is 0.251 e. The van der Waals surface area contributed by atoms with Crippen LogP contribution in [0.2, 0.25) is 0 Å². The van der Waals surface area contributed by atoms with Gasteiger partial charge in [-0.05, 0) is 41.8 Å². The van der Waals surface area contributed by atoms with E-state index in [0.717, 1.165) is 17.7 Å². The number of ether oxygens (including phenoxy) is 2. The first-order valence-electron chi connectivity index (χ1n) is 14.3. The van der Waals surface area contributed by atoms with Crippen molar-refractivity contribution in [1.29, 1.82) is 0 Å². The fourth-order valence-corrected chi connectivity index (χ4v) is 3.95. The summed E-state index contributed by atoms with van der Waals surface area (Å²) in [4.78, 5) is 30.5. The lowest BCUT2D eigenvalue weighted by Gasteiger charge is -2.12. The van der Waals surface area contributed by atoms with E-state index in [0.29, 0.717) is 82.6 Å². The number of benzene rings is 2. The molecular weight excluding hydrogens is 546 g/mol. The monoisotopic (exact) mass is 585 g/mol. The molecule has 0 fully saturated rings. The minimum Gasteiger partial charge on any atom is -0.378 e. The third-order valence-corrected chi connectivity index (χ3v) is 6.16. The Hall–Kier alpha value is -4.65. The van der Waals surface area contributed by atoms with Crippen LogP contribution >= 0.6 is 0 Å². The maximum Gasteiger partial charge on any atom is 0.251 e. The van der Waals surface area contributed by atoms with Gasteiger partial charge in [-0.15, -0.1) is 0 Å². The zero-order chi connectivity index (χ0) is 30.0. The number of pyridine rings is 1. The number of hydrogen-bond acceptors (Lipinski definition) is 11. The molecular formula is C31H39N9O3. The summed E-state index contributed by atoms with van der Waals surface area (Å²) in [6, 6.07) is 23.4. The van der Waals surface area contributed by atoms with Gasteiger partial charge in [-0.25, -0.2) is 0 Å². The summed E-state index contributed by atoms with van der Waals surface area (Å²) in [5, 5.41) is 12.7. The van der Waals surface area contributed by atoms with Crippen LogP contribution in [0.15, 0.2) is 79.0 Å². The lowest BCUT2D eigenvalue weighted by atomic mass is 10.1. The number of nitrogens with zero attached hydrogens (tertiary/aromatic N) is 4. The lowest BCUT2D eigenvalue weighted by molar-refractivity contribution is 0.0511. The zero-order valence-corrected chi connectivity index (χ0v) is 24.2. The second-order valence-corrected chi connectivity index (χ2v) is 9.46. The van der Waals surface area contributed by atoms with E-state index < -0.39 is 0 Å². The maximum atomic E-state index is 12.5. The Bertz CT molecular complexity index is 1360. The van der Waals surface area contributed by atoms with Crippen molar-refractivity contribution in [1.82, 2.24) is 25.3 Å². The summed E-state index contributed by atoms with van der Waals surface area (Å²) in [5.74, 6) is 1.17. The van der Waals surface area contributed by atoms with Gasteiger partial charge in [0.15, 0.2) is 0 Å². The Morgan fingerprint density at radius 2 is 1.35 bits per heavy atom. The summed E-state index contributed by atoms with van der Waals surface area (Å²) in [6.45, 7) is 4.39. The zero-order valence-electron chi connectivity index (χ0n) is 24.2. The quantitative estimate of drug-likeness (QED) is 0.103. The van der Waals surface area contributed by atoms with E-state index in [1.807, 2.05) is 48.5 Å². The van der Waals surface area contributed by atoms with Crippen LogP contribution in [0.4, 0.5) is 17.8 Å². The average Bonchev–Trinajstić information content (AvgIpc) is 3.05. The first-order chi connectivity index (χ1) is 21.2. The molecule has 43 heavy (non-hydrogen) atoms. The third kappa shape index (κ3) is 11.6. The first kappa shape index (κ1) is 31.3. The van der Waals surface area contributed by atoms with E-state index >= 15 is 0 Å². The van der Waals surface area contributed by atoms with Crippen molar-refractivity contribution in [2.24, 2.45) is 5.73 Å². The Labute approximate surface area is 251 Å². The molecule has 0 saturated carbocycles. The molecule has 0 unspecified atom stereocenters. The Balaban J connectivity index is 1.28. The molecule has 0 spiro atoms. The summed E-state index contributed by atoms with van der Waals surface area (Å²) in [7, 11) is 0. The largest absolute Gasteiger partial charge is 0.378 e. The highest BCUT2D eigenvalue weighted by Crippen LogP contribution is 2.13. The highest BCUT2D eigenvalue weighted by Gasteiger charge is 2.09. The predicted octanol–water partition coefficient (Wildman–Crippen LogP) is 2.87. The number of amides is 1. The van der Waals surface area contributed by atoms with Crippen LogP contribution in [0.1, 0.15) is 27.2 Å². The molecule has 0 bridgehead atoms. The summed E-state index contributed by atoms with van der Waals surface area (Å²) in [6.07, 6.45) is 2.59. The SMILES string of the molecule is NCCOCCOCCNC(=O)c1ccc(CNc2nc(NCCc3ccccc3)nc(NCc3ccccn3)n2)cc1. The van der Waals surface area contributed by atoms with Gasteiger partial charge in [0.1, 0.15) is 0 Å². The van der Waals surface area contributed by atoms with E-state index in [9.17, 15) is 4.79 Å². The van der Waals surface area contributed by atoms with E-state index in [1.165, 1.54) is 5.56 Å². The van der Waals surface area contributed by atoms with Gasteiger partial charge in [0.25, 0.3) is 5.91 Å². The second kappa shape index (κ2) is 18.0. The number of anilines is 3. The number of rotatable bonds is 19. The number of hydrogen-bond donors (Lipinski definition) is 5. The van der Waals surface area contributed by atoms with Crippen LogP contribution in [0.25, 0.3) is 0 Å². The van der Waals surface area contributed by atoms with Crippen LogP contribution in [-0.2, 0) is 29.0 Å². The highest BCUT2D eigenvalue weighted by atomic mass is 16.5. The molecule has 0 atom stereocenters. The van der Waals surface area contributed by atoms with Crippen molar-refractivity contribution in [3.63, 3.8) is 0 Å². The number of carbonyl (C=O) groups is 1. The van der Waals surface area contributed by atoms with Crippen molar-refractivity contribution < 1.29 is 14.3 Å². The van der Waals surface area contributed by atoms with Crippen molar-refractivity contribution in [3.05, 3.63) is 101 Å². The number of aromatic nitrogens is 4. The van der Waals surface area contributed by atoms with Gasteiger partial charge in [0.05, 0.1) is 38.7 Å². The average molecular weight is 586 g/mol. The summed E-state index contributed by atoms with van der Waals surface area (Å²) < 4.78 is 10.7.